The van der Waals surface area contributed by atoms with Gasteiger partial charge < -0.3 is 5.32 Å². The molecule has 2 aromatic rings. The summed E-state index contributed by atoms with van der Waals surface area (Å²) in [5, 5.41) is 7.89. The van der Waals surface area contributed by atoms with E-state index in [0.717, 1.165) is 12.2 Å². The molecular formula is C15H21N3. The molecule has 96 valence electrons. The van der Waals surface area contributed by atoms with E-state index in [1.165, 1.54) is 16.8 Å². The average molecular weight is 243 g/mol. The van der Waals surface area contributed by atoms with Crippen LogP contribution in [-0.4, -0.2) is 15.8 Å². The molecule has 0 saturated heterocycles. The van der Waals surface area contributed by atoms with E-state index in [1.807, 2.05) is 10.9 Å². The van der Waals surface area contributed by atoms with E-state index in [2.05, 4.69) is 62.4 Å². The van der Waals surface area contributed by atoms with Crippen molar-refractivity contribution in [3.8, 4) is 5.69 Å². The second kappa shape index (κ2) is 5.36. The molecule has 0 amide bonds. The molecule has 0 atom stereocenters. The number of benzene rings is 1. The summed E-state index contributed by atoms with van der Waals surface area (Å²) >= 11 is 0. The van der Waals surface area contributed by atoms with Gasteiger partial charge in [0.25, 0.3) is 0 Å². The predicted molar refractivity (Wildman–Crippen MR) is 75.0 cm³/mol. The van der Waals surface area contributed by atoms with Gasteiger partial charge in [0.1, 0.15) is 0 Å². The van der Waals surface area contributed by atoms with Crippen LogP contribution < -0.4 is 5.32 Å². The molecule has 0 unspecified atom stereocenters. The first-order valence-electron chi connectivity index (χ1n) is 6.42. The van der Waals surface area contributed by atoms with E-state index < -0.39 is 0 Å². The van der Waals surface area contributed by atoms with Gasteiger partial charge in [0.15, 0.2) is 0 Å². The molecule has 18 heavy (non-hydrogen) atoms. The van der Waals surface area contributed by atoms with Crippen molar-refractivity contribution in [1.82, 2.24) is 15.1 Å². The molecule has 0 radical (unpaired) electrons. The minimum atomic E-state index is 0.493. The van der Waals surface area contributed by atoms with Gasteiger partial charge in [-0.2, -0.15) is 5.10 Å². The van der Waals surface area contributed by atoms with E-state index in [1.54, 1.807) is 0 Å². The summed E-state index contributed by atoms with van der Waals surface area (Å²) in [6, 6.07) is 8.93. The van der Waals surface area contributed by atoms with Crippen LogP contribution in [0.4, 0.5) is 0 Å². The summed E-state index contributed by atoms with van der Waals surface area (Å²) in [6.07, 6.45) is 1.95. The van der Waals surface area contributed by atoms with Crippen LogP contribution in [0.25, 0.3) is 5.69 Å². The summed E-state index contributed by atoms with van der Waals surface area (Å²) in [5.74, 6) is 0. The zero-order valence-electron chi connectivity index (χ0n) is 11.6. The van der Waals surface area contributed by atoms with Crippen molar-refractivity contribution < 1.29 is 0 Å². The molecule has 3 heteroatoms. The fourth-order valence-corrected chi connectivity index (χ4v) is 1.88. The van der Waals surface area contributed by atoms with Gasteiger partial charge in [-0.15, -0.1) is 0 Å². The molecule has 0 saturated carbocycles. The molecule has 0 aliphatic carbocycles. The van der Waals surface area contributed by atoms with Crippen LogP contribution in [0, 0.1) is 13.8 Å². The largest absolute Gasteiger partial charge is 0.310 e. The monoisotopic (exact) mass is 243 g/mol. The van der Waals surface area contributed by atoms with E-state index >= 15 is 0 Å². The fraction of sp³-hybridized carbons (Fsp3) is 0.400. The third-order valence-electron chi connectivity index (χ3n) is 3.09. The van der Waals surface area contributed by atoms with Crippen molar-refractivity contribution in [3.63, 3.8) is 0 Å². The maximum atomic E-state index is 4.47. The Morgan fingerprint density at radius 1 is 1.17 bits per heavy atom. The fourth-order valence-electron chi connectivity index (χ4n) is 1.88. The summed E-state index contributed by atoms with van der Waals surface area (Å²) in [5.41, 5.74) is 4.84. The topological polar surface area (TPSA) is 29.9 Å². The van der Waals surface area contributed by atoms with Crippen LogP contribution >= 0.6 is 0 Å². The maximum Gasteiger partial charge on any atom is 0.0648 e. The van der Waals surface area contributed by atoms with E-state index in [0.29, 0.717) is 6.04 Å². The first-order chi connectivity index (χ1) is 8.58. The number of aryl methyl sites for hydroxylation is 1. The van der Waals surface area contributed by atoms with Gasteiger partial charge in [-0.05, 0) is 26.0 Å². The second-order valence-electron chi connectivity index (χ2n) is 5.04. The SMILES string of the molecule is Cc1ccc(-n2ncc(CNC(C)C)c2C)cc1. The Labute approximate surface area is 109 Å². The van der Waals surface area contributed by atoms with Gasteiger partial charge in [-0.25, -0.2) is 4.68 Å². The molecule has 3 nitrogen and oxygen atoms in total. The van der Waals surface area contributed by atoms with E-state index in [9.17, 15) is 0 Å². The Kier molecular flexibility index (Phi) is 3.82. The number of nitrogens with one attached hydrogen (secondary N) is 1. The van der Waals surface area contributed by atoms with Gasteiger partial charge in [0, 0.05) is 23.8 Å². The van der Waals surface area contributed by atoms with Crippen molar-refractivity contribution in [2.45, 2.75) is 40.3 Å². The molecule has 0 bridgehead atoms. The van der Waals surface area contributed by atoms with Gasteiger partial charge in [0.05, 0.1) is 11.9 Å². The lowest BCUT2D eigenvalue weighted by Gasteiger charge is -2.08. The highest BCUT2D eigenvalue weighted by Gasteiger charge is 2.07. The molecule has 1 N–H and O–H groups in total. The van der Waals surface area contributed by atoms with E-state index in [4.69, 9.17) is 0 Å². The number of hydrogen-bond acceptors (Lipinski definition) is 2. The van der Waals surface area contributed by atoms with Crippen LogP contribution in [0.5, 0.6) is 0 Å². The normalized spacial score (nSPS) is 11.2. The van der Waals surface area contributed by atoms with Crippen molar-refractivity contribution in [2.75, 3.05) is 0 Å². The Bertz CT molecular complexity index is 509. The summed E-state index contributed by atoms with van der Waals surface area (Å²) in [7, 11) is 0. The average Bonchev–Trinajstić information content (AvgIpc) is 2.69. The molecule has 2 rings (SSSR count). The zero-order chi connectivity index (χ0) is 13.1. The molecule has 0 aliphatic heterocycles. The van der Waals surface area contributed by atoms with E-state index in [-0.39, 0.29) is 0 Å². The minimum Gasteiger partial charge on any atom is -0.310 e. The van der Waals surface area contributed by atoms with Gasteiger partial charge >= 0.3 is 0 Å². The van der Waals surface area contributed by atoms with Crippen molar-refractivity contribution in [3.05, 3.63) is 47.3 Å². The molecule has 0 fully saturated rings. The Balaban J connectivity index is 2.22. The maximum absolute atomic E-state index is 4.47. The summed E-state index contributed by atoms with van der Waals surface area (Å²) < 4.78 is 2.00. The van der Waals surface area contributed by atoms with Crippen LogP contribution in [0.3, 0.4) is 0 Å². The Morgan fingerprint density at radius 3 is 2.44 bits per heavy atom. The Morgan fingerprint density at radius 2 is 1.83 bits per heavy atom. The quantitative estimate of drug-likeness (QED) is 0.894. The second-order valence-corrected chi connectivity index (χ2v) is 5.04. The lowest BCUT2D eigenvalue weighted by molar-refractivity contribution is 0.587. The lowest BCUT2D eigenvalue weighted by Crippen LogP contribution is -2.22. The van der Waals surface area contributed by atoms with Crippen LogP contribution in [-0.2, 0) is 6.54 Å². The first kappa shape index (κ1) is 12.8. The van der Waals surface area contributed by atoms with Crippen molar-refractivity contribution in [1.29, 1.82) is 0 Å². The molecule has 1 aromatic carbocycles. The molecule has 1 heterocycles. The van der Waals surface area contributed by atoms with Crippen molar-refractivity contribution >= 4 is 0 Å². The number of rotatable bonds is 4. The van der Waals surface area contributed by atoms with Crippen LogP contribution in [0.2, 0.25) is 0 Å². The zero-order valence-corrected chi connectivity index (χ0v) is 11.6. The minimum absolute atomic E-state index is 0.493. The van der Waals surface area contributed by atoms with Gasteiger partial charge in [-0.1, -0.05) is 31.5 Å². The van der Waals surface area contributed by atoms with Crippen LogP contribution in [0.15, 0.2) is 30.5 Å². The highest BCUT2D eigenvalue weighted by atomic mass is 15.3. The van der Waals surface area contributed by atoms with Gasteiger partial charge in [-0.3, -0.25) is 0 Å². The standard InChI is InChI=1S/C15H21N3/c1-11(2)16-9-14-10-17-18(13(14)4)15-7-5-12(3)6-8-15/h5-8,10-11,16H,9H2,1-4H3. The molecule has 0 aliphatic rings. The third kappa shape index (κ3) is 2.79. The first-order valence-corrected chi connectivity index (χ1v) is 6.42. The lowest BCUT2D eigenvalue weighted by atomic mass is 10.2. The summed E-state index contributed by atoms with van der Waals surface area (Å²) in [4.78, 5) is 0. The third-order valence-corrected chi connectivity index (χ3v) is 3.09. The number of hydrogen-bond donors (Lipinski definition) is 1. The van der Waals surface area contributed by atoms with Gasteiger partial charge in [0.2, 0.25) is 0 Å². The highest BCUT2D eigenvalue weighted by Crippen LogP contribution is 2.14. The van der Waals surface area contributed by atoms with Crippen molar-refractivity contribution in [2.24, 2.45) is 0 Å². The number of aromatic nitrogens is 2. The molecule has 0 spiro atoms. The smallest absolute Gasteiger partial charge is 0.0648 e. The Hall–Kier alpha value is -1.61. The molecular weight excluding hydrogens is 222 g/mol. The predicted octanol–water partition coefficient (Wildman–Crippen LogP) is 2.99. The summed E-state index contributed by atoms with van der Waals surface area (Å²) in [6.45, 7) is 9.39. The highest BCUT2D eigenvalue weighted by molar-refractivity contribution is 5.36. The number of nitrogens with zero attached hydrogens (tertiary/aromatic N) is 2. The van der Waals surface area contributed by atoms with Crippen LogP contribution in [0.1, 0.15) is 30.7 Å². The molecule has 1 aromatic heterocycles.